The highest BCUT2D eigenvalue weighted by molar-refractivity contribution is 6.30. The minimum atomic E-state index is 0.0767. The molecule has 5 nitrogen and oxygen atoms in total. The first-order chi connectivity index (χ1) is 12.1. The summed E-state index contributed by atoms with van der Waals surface area (Å²) in [6.45, 7) is 7.72. The van der Waals surface area contributed by atoms with Gasteiger partial charge in [0.05, 0.1) is 0 Å². The van der Waals surface area contributed by atoms with Crippen LogP contribution in [0.25, 0.3) is 0 Å². The third-order valence-corrected chi connectivity index (χ3v) is 5.60. The van der Waals surface area contributed by atoms with Crippen LogP contribution in [0.1, 0.15) is 24.3 Å². The molecule has 2 amide bonds. The molecule has 2 fully saturated rings. The molecule has 25 heavy (non-hydrogen) atoms. The Labute approximate surface area is 155 Å². The maximum Gasteiger partial charge on any atom is 0.317 e. The second-order valence-electron chi connectivity index (χ2n) is 7.21. The summed E-state index contributed by atoms with van der Waals surface area (Å²) in [5, 5.41) is 3.86. The van der Waals surface area contributed by atoms with Crippen LogP contribution in [0.5, 0.6) is 0 Å². The van der Waals surface area contributed by atoms with E-state index in [0.29, 0.717) is 5.92 Å². The van der Waals surface area contributed by atoms with Gasteiger partial charge in [-0.15, -0.1) is 0 Å². The van der Waals surface area contributed by atoms with Gasteiger partial charge in [-0.1, -0.05) is 23.7 Å². The van der Waals surface area contributed by atoms with Gasteiger partial charge in [0.25, 0.3) is 0 Å². The molecule has 2 heterocycles. The topological polar surface area (TPSA) is 38.8 Å². The maximum atomic E-state index is 12.5. The zero-order valence-corrected chi connectivity index (χ0v) is 15.8. The fourth-order valence-electron chi connectivity index (χ4n) is 3.67. The number of piperazine rings is 1. The number of hydrogen-bond acceptors (Lipinski definition) is 3. The monoisotopic (exact) mass is 364 g/mol. The number of likely N-dealkylation sites (N-methyl/N-ethyl adjacent to an activating group) is 1. The van der Waals surface area contributed by atoms with Crippen molar-refractivity contribution in [2.24, 2.45) is 0 Å². The molecule has 1 aromatic rings. The van der Waals surface area contributed by atoms with Gasteiger partial charge in [0.15, 0.2) is 0 Å². The van der Waals surface area contributed by atoms with Gasteiger partial charge in [0.2, 0.25) is 0 Å². The van der Waals surface area contributed by atoms with Gasteiger partial charge >= 0.3 is 6.03 Å². The highest BCUT2D eigenvalue weighted by Crippen LogP contribution is 2.27. The van der Waals surface area contributed by atoms with Crippen LogP contribution >= 0.6 is 11.6 Å². The number of urea groups is 1. The van der Waals surface area contributed by atoms with Gasteiger partial charge in [-0.05, 0) is 37.6 Å². The summed E-state index contributed by atoms with van der Waals surface area (Å²) in [5.41, 5.74) is 1.28. The van der Waals surface area contributed by atoms with Crippen molar-refractivity contribution in [3.05, 3.63) is 34.9 Å². The summed E-state index contributed by atoms with van der Waals surface area (Å²) in [5.74, 6) is 0.411. The highest BCUT2D eigenvalue weighted by atomic mass is 35.5. The van der Waals surface area contributed by atoms with Crippen LogP contribution in [0.15, 0.2) is 24.3 Å². The normalized spacial score (nSPS) is 22.8. The first kappa shape index (κ1) is 18.5. The molecule has 2 aliphatic heterocycles. The molecule has 2 saturated heterocycles. The van der Waals surface area contributed by atoms with Gasteiger partial charge in [0.1, 0.15) is 0 Å². The number of likely N-dealkylation sites (tertiary alicyclic amines) is 1. The van der Waals surface area contributed by atoms with Crippen LogP contribution in [0.2, 0.25) is 5.02 Å². The van der Waals surface area contributed by atoms with E-state index in [1.165, 1.54) is 5.56 Å². The first-order valence-corrected chi connectivity index (χ1v) is 9.69. The molecule has 2 aliphatic rings. The number of piperidine rings is 1. The van der Waals surface area contributed by atoms with Gasteiger partial charge in [-0.3, -0.25) is 4.90 Å². The van der Waals surface area contributed by atoms with Gasteiger partial charge in [-0.2, -0.15) is 0 Å². The number of benzene rings is 1. The Morgan fingerprint density at radius 1 is 1.16 bits per heavy atom. The lowest BCUT2D eigenvalue weighted by Gasteiger charge is -2.34. The van der Waals surface area contributed by atoms with E-state index in [1.807, 2.05) is 17.0 Å². The number of halogens is 1. The molecule has 1 N–H and O–H groups in total. The van der Waals surface area contributed by atoms with Crippen LogP contribution < -0.4 is 5.32 Å². The smallest absolute Gasteiger partial charge is 0.317 e. The van der Waals surface area contributed by atoms with Crippen LogP contribution in [0.4, 0.5) is 4.79 Å². The number of carbonyl (C=O) groups excluding carboxylic acids is 1. The molecule has 1 atom stereocenters. The Morgan fingerprint density at radius 2 is 1.88 bits per heavy atom. The zero-order chi connectivity index (χ0) is 17.6. The fourth-order valence-corrected chi connectivity index (χ4v) is 3.80. The summed E-state index contributed by atoms with van der Waals surface area (Å²) < 4.78 is 0. The van der Waals surface area contributed by atoms with Gasteiger partial charge in [-0.25, -0.2) is 4.79 Å². The van der Waals surface area contributed by atoms with Crippen molar-refractivity contribution in [3.8, 4) is 0 Å². The van der Waals surface area contributed by atoms with Crippen molar-refractivity contribution >= 4 is 17.6 Å². The number of nitrogens with one attached hydrogen (secondary N) is 1. The average molecular weight is 365 g/mol. The third-order valence-electron chi connectivity index (χ3n) is 5.35. The van der Waals surface area contributed by atoms with Crippen molar-refractivity contribution in [3.63, 3.8) is 0 Å². The van der Waals surface area contributed by atoms with Crippen molar-refractivity contribution in [1.82, 2.24) is 20.0 Å². The number of carbonyl (C=O) groups is 1. The molecule has 0 spiro atoms. The largest absolute Gasteiger partial charge is 0.337 e. The Kier molecular flexibility index (Phi) is 6.57. The number of hydrogen-bond donors (Lipinski definition) is 1. The Morgan fingerprint density at radius 3 is 2.60 bits per heavy atom. The first-order valence-electron chi connectivity index (χ1n) is 9.31. The second kappa shape index (κ2) is 8.88. The van der Waals surface area contributed by atoms with E-state index in [0.717, 1.165) is 70.2 Å². The van der Waals surface area contributed by atoms with E-state index >= 15 is 0 Å². The predicted octanol–water partition coefficient (Wildman–Crippen LogP) is 2.48. The molecule has 0 bridgehead atoms. The van der Waals surface area contributed by atoms with Crippen molar-refractivity contribution in [1.29, 1.82) is 0 Å². The summed E-state index contributed by atoms with van der Waals surface area (Å²) in [4.78, 5) is 19.2. The lowest BCUT2D eigenvalue weighted by atomic mass is 9.91. The quantitative estimate of drug-likeness (QED) is 0.892. The third kappa shape index (κ3) is 5.33. The van der Waals surface area contributed by atoms with Crippen molar-refractivity contribution in [2.75, 3.05) is 59.4 Å². The van der Waals surface area contributed by atoms with Crippen LogP contribution in [-0.2, 0) is 0 Å². The fraction of sp³-hybridized carbons (Fsp3) is 0.632. The standard InChI is InChI=1S/C19H29ClN4O/c1-22-11-13-23(14-12-22)10-8-21-19(25)24-9-2-3-17(15-24)16-4-6-18(20)7-5-16/h4-7,17H,2-3,8-15H2,1H3,(H,21,25)/t17-/m1/s1. The molecule has 0 unspecified atom stereocenters. The molecule has 6 heteroatoms. The van der Waals surface area contributed by atoms with E-state index in [2.05, 4.69) is 34.3 Å². The molecule has 3 rings (SSSR count). The van der Waals surface area contributed by atoms with E-state index in [4.69, 9.17) is 11.6 Å². The van der Waals surface area contributed by atoms with E-state index in [9.17, 15) is 4.79 Å². The van der Waals surface area contributed by atoms with E-state index in [-0.39, 0.29) is 6.03 Å². The SMILES string of the molecule is CN1CCN(CCNC(=O)N2CCC[C@@H](c3ccc(Cl)cc3)C2)CC1. The lowest BCUT2D eigenvalue weighted by Crippen LogP contribution is -2.49. The molecule has 0 saturated carbocycles. The molecule has 138 valence electrons. The summed E-state index contributed by atoms with van der Waals surface area (Å²) in [6.07, 6.45) is 2.19. The molecule has 1 aromatic carbocycles. The van der Waals surface area contributed by atoms with E-state index < -0.39 is 0 Å². The van der Waals surface area contributed by atoms with Gasteiger partial charge < -0.3 is 15.1 Å². The second-order valence-corrected chi connectivity index (χ2v) is 7.65. The average Bonchev–Trinajstić information content (AvgIpc) is 2.64. The van der Waals surface area contributed by atoms with Crippen molar-refractivity contribution in [2.45, 2.75) is 18.8 Å². The molecule has 0 aliphatic carbocycles. The Hall–Kier alpha value is -1.30. The summed E-state index contributed by atoms with van der Waals surface area (Å²) >= 11 is 5.98. The number of nitrogens with zero attached hydrogens (tertiary/aromatic N) is 3. The molecular formula is C19H29ClN4O. The van der Waals surface area contributed by atoms with Crippen molar-refractivity contribution < 1.29 is 4.79 Å². The minimum absolute atomic E-state index is 0.0767. The van der Waals surface area contributed by atoms with Crippen LogP contribution in [0.3, 0.4) is 0 Å². The Balaban J connectivity index is 1.43. The zero-order valence-electron chi connectivity index (χ0n) is 15.1. The number of rotatable bonds is 4. The van der Waals surface area contributed by atoms with E-state index in [1.54, 1.807) is 0 Å². The van der Waals surface area contributed by atoms with Crippen LogP contribution in [-0.4, -0.2) is 80.1 Å². The summed E-state index contributed by atoms with van der Waals surface area (Å²) in [6, 6.07) is 8.12. The molecule has 0 aromatic heterocycles. The highest BCUT2D eigenvalue weighted by Gasteiger charge is 2.24. The molecule has 0 radical (unpaired) electrons. The minimum Gasteiger partial charge on any atom is -0.337 e. The Bertz CT molecular complexity index is 557. The number of amides is 2. The molecular weight excluding hydrogens is 336 g/mol. The lowest BCUT2D eigenvalue weighted by molar-refractivity contribution is 0.150. The van der Waals surface area contributed by atoms with Gasteiger partial charge in [0, 0.05) is 63.3 Å². The predicted molar refractivity (Wildman–Crippen MR) is 102 cm³/mol. The van der Waals surface area contributed by atoms with Crippen LogP contribution in [0, 0.1) is 0 Å². The maximum absolute atomic E-state index is 12.5. The summed E-state index contributed by atoms with van der Waals surface area (Å²) in [7, 11) is 2.16.